The van der Waals surface area contributed by atoms with E-state index in [0.717, 1.165) is 11.3 Å². The van der Waals surface area contributed by atoms with Crippen molar-refractivity contribution in [2.75, 3.05) is 11.1 Å². The van der Waals surface area contributed by atoms with Gasteiger partial charge in [0.2, 0.25) is 5.89 Å². The van der Waals surface area contributed by atoms with Crippen LogP contribution in [-0.2, 0) is 13.5 Å². The van der Waals surface area contributed by atoms with E-state index in [1.165, 1.54) is 9.58 Å². The molecular formula is C16H17N5O2S. The Morgan fingerprint density at radius 1 is 1.25 bits per heavy atom. The number of rotatable bonds is 6. The van der Waals surface area contributed by atoms with Gasteiger partial charge in [0.1, 0.15) is 5.69 Å². The van der Waals surface area contributed by atoms with Crippen molar-refractivity contribution in [1.29, 1.82) is 0 Å². The number of anilines is 1. The SMILES string of the molecule is CCSc1ccc(Cc2nnc(NC(=O)c3ccnn3C)o2)cc1. The third-order valence-electron chi connectivity index (χ3n) is 3.33. The number of benzene rings is 1. The van der Waals surface area contributed by atoms with Crippen LogP contribution in [0.15, 0.2) is 45.8 Å². The van der Waals surface area contributed by atoms with Crippen LogP contribution in [0.4, 0.5) is 6.01 Å². The number of nitrogens with one attached hydrogen (secondary N) is 1. The Labute approximate surface area is 143 Å². The first-order valence-corrected chi connectivity index (χ1v) is 8.47. The van der Waals surface area contributed by atoms with E-state index in [0.29, 0.717) is 18.0 Å². The molecule has 124 valence electrons. The number of hydrogen-bond acceptors (Lipinski definition) is 6. The van der Waals surface area contributed by atoms with Gasteiger partial charge in [0, 0.05) is 18.1 Å². The van der Waals surface area contributed by atoms with Gasteiger partial charge in [-0.1, -0.05) is 24.2 Å². The Balaban J connectivity index is 1.63. The van der Waals surface area contributed by atoms with Crippen LogP contribution in [0.5, 0.6) is 0 Å². The molecule has 8 heteroatoms. The van der Waals surface area contributed by atoms with Crippen molar-refractivity contribution in [3.63, 3.8) is 0 Å². The number of amides is 1. The van der Waals surface area contributed by atoms with Crippen molar-refractivity contribution < 1.29 is 9.21 Å². The molecule has 0 spiro atoms. The molecule has 0 radical (unpaired) electrons. The largest absolute Gasteiger partial charge is 0.407 e. The first-order chi connectivity index (χ1) is 11.7. The number of aryl methyl sites for hydroxylation is 1. The van der Waals surface area contributed by atoms with E-state index in [-0.39, 0.29) is 11.9 Å². The van der Waals surface area contributed by atoms with Crippen LogP contribution < -0.4 is 5.32 Å². The zero-order valence-electron chi connectivity index (χ0n) is 13.4. The van der Waals surface area contributed by atoms with Gasteiger partial charge in [-0.25, -0.2) is 0 Å². The van der Waals surface area contributed by atoms with Crippen molar-refractivity contribution in [2.45, 2.75) is 18.2 Å². The average Bonchev–Trinajstić information content (AvgIpc) is 3.18. The molecule has 3 aromatic rings. The summed E-state index contributed by atoms with van der Waals surface area (Å²) < 4.78 is 6.96. The van der Waals surface area contributed by atoms with Crippen LogP contribution in [0.2, 0.25) is 0 Å². The minimum absolute atomic E-state index is 0.0781. The molecule has 24 heavy (non-hydrogen) atoms. The monoisotopic (exact) mass is 343 g/mol. The van der Waals surface area contributed by atoms with Crippen molar-refractivity contribution in [3.05, 3.63) is 53.7 Å². The van der Waals surface area contributed by atoms with E-state index < -0.39 is 0 Å². The van der Waals surface area contributed by atoms with E-state index >= 15 is 0 Å². The van der Waals surface area contributed by atoms with Crippen LogP contribution >= 0.6 is 11.8 Å². The van der Waals surface area contributed by atoms with E-state index in [9.17, 15) is 4.79 Å². The van der Waals surface area contributed by atoms with Gasteiger partial charge in [-0.2, -0.15) is 5.10 Å². The van der Waals surface area contributed by atoms with Crippen LogP contribution in [-0.4, -0.2) is 31.6 Å². The molecule has 0 aliphatic rings. The molecule has 1 amide bonds. The van der Waals surface area contributed by atoms with Crippen molar-refractivity contribution in [1.82, 2.24) is 20.0 Å². The number of thioether (sulfide) groups is 1. The number of nitrogens with zero attached hydrogens (tertiary/aromatic N) is 4. The lowest BCUT2D eigenvalue weighted by atomic mass is 10.1. The maximum absolute atomic E-state index is 12.1. The van der Waals surface area contributed by atoms with Gasteiger partial charge in [0.25, 0.3) is 5.91 Å². The zero-order valence-corrected chi connectivity index (χ0v) is 14.2. The molecule has 0 bridgehead atoms. The Morgan fingerprint density at radius 2 is 2.04 bits per heavy atom. The van der Waals surface area contributed by atoms with Gasteiger partial charge in [-0.15, -0.1) is 16.9 Å². The fourth-order valence-corrected chi connectivity index (χ4v) is 2.84. The van der Waals surface area contributed by atoms with Gasteiger partial charge in [0.15, 0.2) is 0 Å². The Hall–Kier alpha value is -2.61. The standard InChI is InChI=1S/C16H17N5O2S/c1-3-24-12-6-4-11(5-7-12)10-14-19-20-16(23-14)18-15(22)13-8-9-17-21(13)2/h4-9H,3,10H2,1-2H3,(H,18,20,22). The molecule has 0 atom stereocenters. The molecular weight excluding hydrogens is 326 g/mol. The summed E-state index contributed by atoms with van der Waals surface area (Å²) in [5.74, 6) is 1.15. The summed E-state index contributed by atoms with van der Waals surface area (Å²) in [6.45, 7) is 2.12. The highest BCUT2D eigenvalue weighted by Crippen LogP contribution is 2.19. The minimum atomic E-state index is -0.342. The van der Waals surface area contributed by atoms with E-state index in [1.807, 2.05) is 12.1 Å². The van der Waals surface area contributed by atoms with Gasteiger partial charge >= 0.3 is 6.01 Å². The molecule has 0 aliphatic heterocycles. The smallest absolute Gasteiger partial charge is 0.322 e. The highest BCUT2D eigenvalue weighted by Gasteiger charge is 2.14. The van der Waals surface area contributed by atoms with Gasteiger partial charge in [-0.3, -0.25) is 14.8 Å². The topological polar surface area (TPSA) is 85.8 Å². The Kier molecular flexibility index (Phi) is 4.95. The van der Waals surface area contributed by atoms with Crippen molar-refractivity contribution in [2.24, 2.45) is 7.05 Å². The molecule has 2 heterocycles. The highest BCUT2D eigenvalue weighted by molar-refractivity contribution is 7.99. The number of hydrogen-bond donors (Lipinski definition) is 1. The second kappa shape index (κ2) is 7.31. The first-order valence-electron chi connectivity index (χ1n) is 7.49. The molecule has 2 aromatic heterocycles. The average molecular weight is 343 g/mol. The highest BCUT2D eigenvalue weighted by atomic mass is 32.2. The third-order valence-corrected chi connectivity index (χ3v) is 4.22. The van der Waals surface area contributed by atoms with Crippen LogP contribution in [0, 0.1) is 0 Å². The molecule has 0 saturated heterocycles. The van der Waals surface area contributed by atoms with Crippen LogP contribution in [0.25, 0.3) is 0 Å². The van der Waals surface area contributed by atoms with E-state index in [2.05, 4.69) is 39.7 Å². The molecule has 3 rings (SSSR count). The Morgan fingerprint density at radius 3 is 2.71 bits per heavy atom. The predicted molar refractivity (Wildman–Crippen MR) is 91.1 cm³/mol. The second-order valence-electron chi connectivity index (χ2n) is 5.05. The second-order valence-corrected chi connectivity index (χ2v) is 6.39. The summed E-state index contributed by atoms with van der Waals surface area (Å²) in [5, 5.41) is 14.3. The van der Waals surface area contributed by atoms with Crippen LogP contribution in [0.3, 0.4) is 0 Å². The number of aromatic nitrogens is 4. The van der Waals surface area contributed by atoms with Crippen LogP contribution in [0.1, 0.15) is 28.9 Å². The molecule has 0 aliphatic carbocycles. The zero-order chi connectivity index (χ0) is 16.9. The maximum atomic E-state index is 12.1. The minimum Gasteiger partial charge on any atom is -0.407 e. The number of carbonyl (C=O) groups excluding carboxylic acids is 1. The predicted octanol–water partition coefficient (Wildman–Crippen LogP) is 2.76. The molecule has 0 unspecified atom stereocenters. The fraction of sp³-hybridized carbons (Fsp3) is 0.250. The summed E-state index contributed by atoms with van der Waals surface area (Å²) in [5.41, 5.74) is 1.49. The molecule has 0 fully saturated rings. The van der Waals surface area contributed by atoms with Gasteiger partial charge in [0.05, 0.1) is 6.42 Å². The van der Waals surface area contributed by atoms with Crippen molar-refractivity contribution in [3.8, 4) is 0 Å². The lowest BCUT2D eigenvalue weighted by Crippen LogP contribution is -2.16. The summed E-state index contributed by atoms with van der Waals surface area (Å²) in [6.07, 6.45) is 2.07. The van der Waals surface area contributed by atoms with Gasteiger partial charge in [-0.05, 0) is 29.5 Å². The molecule has 1 N–H and O–H groups in total. The van der Waals surface area contributed by atoms with Crippen molar-refractivity contribution >= 4 is 23.7 Å². The lowest BCUT2D eigenvalue weighted by Gasteiger charge is -2.01. The fourth-order valence-electron chi connectivity index (χ4n) is 2.18. The maximum Gasteiger partial charge on any atom is 0.322 e. The molecule has 0 saturated carbocycles. The molecule has 7 nitrogen and oxygen atoms in total. The summed E-state index contributed by atoms with van der Waals surface area (Å²) >= 11 is 1.80. The molecule has 1 aromatic carbocycles. The lowest BCUT2D eigenvalue weighted by molar-refractivity contribution is 0.101. The van der Waals surface area contributed by atoms with Gasteiger partial charge < -0.3 is 4.42 Å². The third kappa shape index (κ3) is 3.83. The summed E-state index contributed by atoms with van der Waals surface area (Å²) in [6, 6.07) is 9.92. The summed E-state index contributed by atoms with van der Waals surface area (Å²) in [4.78, 5) is 13.3. The van der Waals surface area contributed by atoms with E-state index in [1.54, 1.807) is 31.1 Å². The van der Waals surface area contributed by atoms with E-state index in [4.69, 9.17) is 4.42 Å². The Bertz CT molecular complexity index is 825. The normalized spacial score (nSPS) is 10.8. The first kappa shape index (κ1) is 16.3. The summed E-state index contributed by atoms with van der Waals surface area (Å²) in [7, 11) is 1.69. The quantitative estimate of drug-likeness (QED) is 0.693. The number of carbonyl (C=O) groups is 1.